The minimum Gasteiger partial charge on any atom is -0.476 e. The molecule has 0 saturated heterocycles. The van der Waals surface area contributed by atoms with Crippen LogP contribution in [0, 0.1) is 0 Å². The number of alkyl halides is 3. The van der Waals surface area contributed by atoms with Crippen molar-refractivity contribution in [3.05, 3.63) is 41.7 Å². The highest BCUT2D eigenvalue weighted by Gasteiger charge is 2.30. The molecule has 0 amide bonds. The quantitative estimate of drug-likeness (QED) is 0.893. The van der Waals surface area contributed by atoms with Crippen molar-refractivity contribution in [1.82, 2.24) is 15.0 Å². The Morgan fingerprint density at radius 3 is 2.61 bits per heavy atom. The predicted molar refractivity (Wildman–Crippen MR) is 53.3 cm³/mol. The fourth-order valence-corrected chi connectivity index (χ4v) is 1.31. The van der Waals surface area contributed by atoms with Crippen LogP contribution < -0.4 is 0 Å². The zero-order valence-corrected chi connectivity index (χ0v) is 8.72. The van der Waals surface area contributed by atoms with Crippen LogP contribution in [0.2, 0.25) is 0 Å². The lowest BCUT2D eigenvalue weighted by Crippen LogP contribution is -2.06. The minimum absolute atomic E-state index is 0.0878. The van der Waals surface area contributed by atoms with E-state index in [2.05, 4.69) is 10.3 Å². The Balaban J connectivity index is 2.41. The number of hydrogen-bond acceptors (Lipinski definition) is 3. The maximum absolute atomic E-state index is 12.5. The third kappa shape index (κ3) is 2.31. The number of hydrogen-bond donors (Lipinski definition) is 1. The van der Waals surface area contributed by atoms with Crippen molar-refractivity contribution in [2.75, 3.05) is 0 Å². The van der Waals surface area contributed by atoms with E-state index >= 15 is 0 Å². The van der Waals surface area contributed by atoms with Crippen molar-refractivity contribution in [2.45, 2.75) is 6.18 Å². The number of carbonyl (C=O) groups is 1. The second-order valence-electron chi connectivity index (χ2n) is 3.40. The van der Waals surface area contributed by atoms with E-state index in [1.54, 1.807) is 0 Å². The molecule has 1 aromatic carbocycles. The van der Waals surface area contributed by atoms with Crippen LogP contribution in [0.15, 0.2) is 30.5 Å². The van der Waals surface area contributed by atoms with Gasteiger partial charge in [-0.15, -0.1) is 5.10 Å². The molecule has 0 saturated carbocycles. The SMILES string of the molecule is O=C(O)c1cn(-c2cccc(C(F)(F)F)c2)nn1. The van der Waals surface area contributed by atoms with Crippen LogP contribution in [-0.2, 0) is 6.18 Å². The van der Waals surface area contributed by atoms with E-state index in [1.807, 2.05) is 0 Å². The molecule has 0 atom stereocenters. The highest BCUT2D eigenvalue weighted by molar-refractivity contribution is 5.84. The highest BCUT2D eigenvalue weighted by atomic mass is 19.4. The molecule has 1 aromatic heterocycles. The summed E-state index contributed by atoms with van der Waals surface area (Å²) in [6.07, 6.45) is -3.43. The molecule has 0 unspecified atom stereocenters. The largest absolute Gasteiger partial charge is 0.476 e. The lowest BCUT2D eigenvalue weighted by atomic mass is 10.2. The van der Waals surface area contributed by atoms with E-state index in [9.17, 15) is 18.0 Å². The molecule has 5 nitrogen and oxygen atoms in total. The van der Waals surface area contributed by atoms with E-state index in [0.29, 0.717) is 0 Å². The molecule has 0 bridgehead atoms. The van der Waals surface area contributed by atoms with Gasteiger partial charge in [0.05, 0.1) is 17.4 Å². The standard InChI is InChI=1S/C10H6F3N3O2/c11-10(12,13)6-2-1-3-7(4-6)16-5-8(9(17)18)14-15-16/h1-5H,(H,17,18). The van der Waals surface area contributed by atoms with Gasteiger partial charge in [0.1, 0.15) is 0 Å². The Labute approximate surface area is 98.5 Å². The maximum atomic E-state index is 12.5. The van der Waals surface area contributed by atoms with Crippen molar-refractivity contribution in [3.63, 3.8) is 0 Å². The lowest BCUT2D eigenvalue weighted by molar-refractivity contribution is -0.137. The molecule has 2 aromatic rings. The van der Waals surface area contributed by atoms with Crippen LogP contribution in [0.3, 0.4) is 0 Å². The summed E-state index contributed by atoms with van der Waals surface area (Å²) in [7, 11) is 0. The Morgan fingerprint density at radius 1 is 1.33 bits per heavy atom. The minimum atomic E-state index is -4.47. The van der Waals surface area contributed by atoms with Crippen LogP contribution in [0.1, 0.15) is 16.1 Å². The van der Waals surface area contributed by atoms with Gasteiger partial charge in [0.2, 0.25) is 0 Å². The van der Waals surface area contributed by atoms with Crippen molar-refractivity contribution in [3.8, 4) is 5.69 Å². The summed E-state index contributed by atoms with van der Waals surface area (Å²) in [5, 5.41) is 15.4. The molecule has 1 heterocycles. The van der Waals surface area contributed by atoms with Crippen molar-refractivity contribution < 1.29 is 23.1 Å². The van der Waals surface area contributed by atoms with Crippen LogP contribution in [0.5, 0.6) is 0 Å². The van der Waals surface area contributed by atoms with Gasteiger partial charge >= 0.3 is 12.1 Å². The molecule has 0 aliphatic rings. The fraction of sp³-hybridized carbons (Fsp3) is 0.100. The number of rotatable bonds is 2. The van der Waals surface area contributed by atoms with E-state index in [4.69, 9.17) is 5.11 Å². The summed E-state index contributed by atoms with van der Waals surface area (Å²) in [4.78, 5) is 10.6. The first-order chi connectivity index (χ1) is 8.38. The van der Waals surface area contributed by atoms with Crippen LogP contribution >= 0.6 is 0 Å². The molecule has 2 rings (SSSR count). The molecular formula is C10H6F3N3O2. The topological polar surface area (TPSA) is 68.0 Å². The monoisotopic (exact) mass is 257 g/mol. The van der Waals surface area contributed by atoms with E-state index in [0.717, 1.165) is 23.0 Å². The molecule has 8 heteroatoms. The first kappa shape index (κ1) is 12.1. The van der Waals surface area contributed by atoms with Crippen molar-refractivity contribution in [2.24, 2.45) is 0 Å². The fourth-order valence-electron chi connectivity index (χ4n) is 1.31. The molecule has 1 N–H and O–H groups in total. The predicted octanol–water partition coefficient (Wildman–Crippen LogP) is 1.98. The second kappa shape index (κ2) is 4.13. The van der Waals surface area contributed by atoms with Gasteiger partial charge in [0, 0.05) is 0 Å². The van der Waals surface area contributed by atoms with Crippen LogP contribution in [-0.4, -0.2) is 26.1 Å². The zero-order valence-electron chi connectivity index (χ0n) is 8.72. The maximum Gasteiger partial charge on any atom is 0.416 e. The van der Waals surface area contributed by atoms with Gasteiger partial charge in [0.15, 0.2) is 5.69 Å². The zero-order chi connectivity index (χ0) is 13.3. The summed E-state index contributed by atoms with van der Waals surface area (Å²) < 4.78 is 38.4. The van der Waals surface area contributed by atoms with Gasteiger partial charge < -0.3 is 5.11 Å². The molecule has 0 aliphatic carbocycles. The first-order valence-electron chi connectivity index (χ1n) is 4.71. The normalized spacial score (nSPS) is 11.5. The number of carboxylic acid groups (broad SMARTS) is 1. The second-order valence-corrected chi connectivity index (χ2v) is 3.40. The van der Waals surface area contributed by atoms with Gasteiger partial charge in [-0.05, 0) is 18.2 Å². The van der Waals surface area contributed by atoms with Crippen LogP contribution in [0.4, 0.5) is 13.2 Å². The molecule has 18 heavy (non-hydrogen) atoms. The summed E-state index contributed by atoms with van der Waals surface area (Å²) in [6.45, 7) is 0. The molecular weight excluding hydrogens is 251 g/mol. The van der Waals surface area contributed by atoms with Gasteiger partial charge in [-0.3, -0.25) is 0 Å². The number of nitrogens with zero attached hydrogens (tertiary/aromatic N) is 3. The number of carboxylic acids is 1. The summed E-state index contributed by atoms with van der Waals surface area (Å²) in [5.74, 6) is -1.30. The third-order valence-electron chi connectivity index (χ3n) is 2.15. The molecule has 94 valence electrons. The highest BCUT2D eigenvalue weighted by Crippen LogP contribution is 2.30. The average molecular weight is 257 g/mol. The smallest absolute Gasteiger partial charge is 0.416 e. The van der Waals surface area contributed by atoms with Gasteiger partial charge in [-0.2, -0.15) is 13.2 Å². The Bertz CT molecular complexity index is 592. The van der Waals surface area contributed by atoms with Gasteiger partial charge in [-0.1, -0.05) is 11.3 Å². The van der Waals surface area contributed by atoms with Gasteiger partial charge in [-0.25, -0.2) is 9.48 Å². The number of benzene rings is 1. The Kier molecular flexibility index (Phi) is 2.77. The first-order valence-corrected chi connectivity index (χ1v) is 4.71. The molecule has 0 fully saturated rings. The summed E-state index contributed by atoms with van der Waals surface area (Å²) in [5.41, 5.74) is -1.09. The van der Waals surface area contributed by atoms with Crippen molar-refractivity contribution >= 4 is 5.97 Å². The number of aromatic carboxylic acids is 1. The summed E-state index contributed by atoms with van der Waals surface area (Å²) in [6, 6.07) is 4.36. The molecule has 0 radical (unpaired) electrons. The van der Waals surface area contributed by atoms with E-state index < -0.39 is 17.7 Å². The third-order valence-corrected chi connectivity index (χ3v) is 2.15. The average Bonchev–Trinajstić information content (AvgIpc) is 2.77. The molecule has 0 spiro atoms. The Morgan fingerprint density at radius 2 is 2.06 bits per heavy atom. The van der Waals surface area contributed by atoms with Gasteiger partial charge in [0.25, 0.3) is 0 Å². The van der Waals surface area contributed by atoms with Crippen LogP contribution in [0.25, 0.3) is 5.69 Å². The Hall–Kier alpha value is -2.38. The number of aromatic nitrogens is 3. The van der Waals surface area contributed by atoms with E-state index in [1.165, 1.54) is 12.1 Å². The number of halogens is 3. The van der Waals surface area contributed by atoms with E-state index in [-0.39, 0.29) is 11.4 Å². The lowest BCUT2D eigenvalue weighted by Gasteiger charge is -2.07. The van der Waals surface area contributed by atoms with Crippen molar-refractivity contribution in [1.29, 1.82) is 0 Å². The molecule has 0 aliphatic heterocycles. The summed E-state index contributed by atoms with van der Waals surface area (Å²) >= 11 is 0.